The van der Waals surface area contributed by atoms with E-state index in [1.807, 2.05) is 13.8 Å². The maximum absolute atomic E-state index is 13.4. The second-order valence-electron chi connectivity index (χ2n) is 2.96. The molecule has 13 heavy (non-hydrogen) atoms. The van der Waals surface area contributed by atoms with Crippen LogP contribution in [0.2, 0.25) is 5.02 Å². The van der Waals surface area contributed by atoms with E-state index in [1.54, 1.807) is 6.07 Å². The minimum absolute atomic E-state index is 0.0118. The number of aromatic nitrogens is 1. The van der Waals surface area contributed by atoms with Crippen LogP contribution in [0.3, 0.4) is 0 Å². The molecule has 0 aliphatic carbocycles. The van der Waals surface area contributed by atoms with Crippen LogP contribution >= 0.6 is 11.6 Å². The largest absolute Gasteiger partial charge is 0.244 e. The van der Waals surface area contributed by atoms with Crippen molar-refractivity contribution in [3.63, 3.8) is 0 Å². The molecule has 1 aromatic rings. The van der Waals surface area contributed by atoms with Crippen LogP contribution in [0, 0.1) is 17.1 Å². The highest BCUT2D eigenvalue weighted by atomic mass is 35.5. The SMILES string of the molecule is CC(C)c1cnc(C#N)c(Cl)c1F. The molecule has 0 atom stereocenters. The van der Waals surface area contributed by atoms with Crippen LogP contribution in [0.5, 0.6) is 0 Å². The Bertz CT molecular complexity index is 369. The average Bonchev–Trinajstić information content (AvgIpc) is 2.09. The molecule has 0 spiro atoms. The molecule has 0 unspecified atom stereocenters. The minimum atomic E-state index is -0.539. The van der Waals surface area contributed by atoms with Gasteiger partial charge in [-0.1, -0.05) is 25.4 Å². The third-order valence-corrected chi connectivity index (χ3v) is 2.06. The monoisotopic (exact) mass is 198 g/mol. The Hall–Kier alpha value is -1.14. The fourth-order valence-electron chi connectivity index (χ4n) is 0.959. The van der Waals surface area contributed by atoms with Gasteiger partial charge < -0.3 is 0 Å². The molecule has 4 heteroatoms. The predicted octanol–water partition coefficient (Wildman–Crippen LogP) is 2.87. The molecule has 0 aliphatic rings. The van der Waals surface area contributed by atoms with Crippen molar-refractivity contribution in [2.24, 2.45) is 0 Å². The van der Waals surface area contributed by atoms with Crippen LogP contribution in [0.1, 0.15) is 31.0 Å². The summed E-state index contributed by atoms with van der Waals surface area (Å²) in [5.41, 5.74) is 0.368. The molecule has 1 rings (SSSR count). The maximum atomic E-state index is 13.4. The summed E-state index contributed by atoms with van der Waals surface area (Å²) in [5.74, 6) is -0.527. The van der Waals surface area contributed by atoms with Crippen molar-refractivity contribution in [1.29, 1.82) is 5.26 Å². The lowest BCUT2D eigenvalue weighted by Crippen LogP contribution is -1.98. The molecule has 68 valence electrons. The van der Waals surface area contributed by atoms with Crippen LogP contribution in [0.15, 0.2) is 6.20 Å². The zero-order valence-electron chi connectivity index (χ0n) is 7.31. The summed E-state index contributed by atoms with van der Waals surface area (Å²) >= 11 is 5.58. The van der Waals surface area contributed by atoms with Crippen LogP contribution in [-0.2, 0) is 0 Å². The van der Waals surface area contributed by atoms with E-state index in [1.165, 1.54) is 6.20 Å². The van der Waals surface area contributed by atoms with Gasteiger partial charge in [0.25, 0.3) is 0 Å². The molecule has 0 saturated heterocycles. The fourth-order valence-corrected chi connectivity index (χ4v) is 1.16. The van der Waals surface area contributed by atoms with E-state index in [4.69, 9.17) is 16.9 Å². The van der Waals surface area contributed by atoms with E-state index in [9.17, 15) is 4.39 Å². The lowest BCUT2D eigenvalue weighted by Gasteiger charge is -2.07. The smallest absolute Gasteiger partial charge is 0.162 e. The molecule has 0 bridgehead atoms. The van der Waals surface area contributed by atoms with Gasteiger partial charge >= 0.3 is 0 Å². The number of nitrogens with zero attached hydrogens (tertiary/aromatic N) is 2. The molecule has 0 fully saturated rings. The van der Waals surface area contributed by atoms with E-state index in [2.05, 4.69) is 4.98 Å². The van der Waals surface area contributed by atoms with E-state index in [0.717, 1.165) is 0 Å². The van der Waals surface area contributed by atoms with Crippen LogP contribution in [0.25, 0.3) is 0 Å². The molecule has 0 amide bonds. The zero-order valence-corrected chi connectivity index (χ0v) is 8.06. The summed E-state index contributed by atoms with van der Waals surface area (Å²) in [5, 5.41) is 8.32. The highest BCUT2D eigenvalue weighted by Crippen LogP contribution is 2.25. The first-order valence-electron chi connectivity index (χ1n) is 3.82. The quantitative estimate of drug-likeness (QED) is 0.696. The molecule has 0 radical (unpaired) electrons. The highest BCUT2D eigenvalue weighted by molar-refractivity contribution is 6.31. The number of halogens is 2. The molecule has 2 nitrogen and oxygen atoms in total. The van der Waals surface area contributed by atoms with Crippen molar-refractivity contribution in [3.05, 3.63) is 28.3 Å². The van der Waals surface area contributed by atoms with Crippen molar-refractivity contribution < 1.29 is 4.39 Å². The standard InChI is InChI=1S/C9H8ClFN2/c1-5(2)6-4-13-7(3-12)8(10)9(6)11/h4-5H,1-2H3. The molecular weight excluding hydrogens is 191 g/mol. The summed E-state index contributed by atoms with van der Waals surface area (Å²) < 4.78 is 13.4. The average molecular weight is 199 g/mol. The van der Waals surface area contributed by atoms with E-state index in [-0.39, 0.29) is 16.6 Å². The van der Waals surface area contributed by atoms with Gasteiger partial charge in [-0.15, -0.1) is 0 Å². The van der Waals surface area contributed by atoms with Crippen molar-refractivity contribution >= 4 is 11.6 Å². The third kappa shape index (κ3) is 1.78. The molecule has 1 heterocycles. The lowest BCUT2D eigenvalue weighted by molar-refractivity contribution is 0.594. The molecule has 0 N–H and O–H groups in total. The summed E-state index contributed by atoms with van der Waals surface area (Å²) in [6.07, 6.45) is 1.35. The maximum Gasteiger partial charge on any atom is 0.162 e. The number of pyridine rings is 1. The van der Waals surface area contributed by atoms with Gasteiger partial charge in [0.1, 0.15) is 16.9 Å². The van der Waals surface area contributed by atoms with Gasteiger partial charge in [0, 0.05) is 11.8 Å². The minimum Gasteiger partial charge on any atom is -0.244 e. The van der Waals surface area contributed by atoms with Crippen LogP contribution < -0.4 is 0 Å². The van der Waals surface area contributed by atoms with E-state index < -0.39 is 5.82 Å². The molecule has 0 aliphatic heterocycles. The van der Waals surface area contributed by atoms with E-state index in [0.29, 0.717) is 5.56 Å². The van der Waals surface area contributed by atoms with Gasteiger partial charge in [-0.25, -0.2) is 9.37 Å². The first-order valence-corrected chi connectivity index (χ1v) is 4.19. The normalized spacial score (nSPS) is 10.2. The van der Waals surface area contributed by atoms with Gasteiger partial charge in [-0.2, -0.15) is 5.26 Å². The predicted molar refractivity (Wildman–Crippen MR) is 48.0 cm³/mol. The highest BCUT2D eigenvalue weighted by Gasteiger charge is 2.14. The Morgan fingerprint density at radius 3 is 2.69 bits per heavy atom. The summed E-state index contributed by atoms with van der Waals surface area (Å²) in [7, 11) is 0. The topological polar surface area (TPSA) is 36.7 Å². The number of nitriles is 1. The summed E-state index contributed by atoms with van der Waals surface area (Å²) in [6.45, 7) is 3.67. The van der Waals surface area contributed by atoms with Crippen LogP contribution in [0.4, 0.5) is 4.39 Å². The Morgan fingerprint density at radius 2 is 2.23 bits per heavy atom. The number of hydrogen-bond donors (Lipinski definition) is 0. The number of hydrogen-bond acceptors (Lipinski definition) is 2. The lowest BCUT2D eigenvalue weighted by atomic mass is 10.1. The van der Waals surface area contributed by atoms with Gasteiger partial charge in [0.15, 0.2) is 5.69 Å². The zero-order chi connectivity index (χ0) is 10.0. The molecule has 0 saturated carbocycles. The van der Waals surface area contributed by atoms with Gasteiger partial charge in [0.2, 0.25) is 0 Å². The van der Waals surface area contributed by atoms with Crippen molar-refractivity contribution in [1.82, 2.24) is 4.98 Å². The van der Waals surface area contributed by atoms with Gasteiger partial charge in [-0.3, -0.25) is 0 Å². The van der Waals surface area contributed by atoms with Gasteiger partial charge in [0.05, 0.1) is 0 Å². The third-order valence-electron chi connectivity index (χ3n) is 1.71. The molecule has 0 aromatic carbocycles. The number of rotatable bonds is 1. The van der Waals surface area contributed by atoms with Crippen molar-refractivity contribution in [2.75, 3.05) is 0 Å². The van der Waals surface area contributed by atoms with Gasteiger partial charge in [-0.05, 0) is 5.92 Å². The second kappa shape index (κ2) is 3.71. The Kier molecular flexibility index (Phi) is 2.84. The molecule has 1 aromatic heterocycles. The summed E-state index contributed by atoms with van der Waals surface area (Å²) in [6, 6.07) is 1.72. The van der Waals surface area contributed by atoms with Crippen molar-refractivity contribution in [2.45, 2.75) is 19.8 Å². The molecular formula is C9H8ClFN2. The Morgan fingerprint density at radius 1 is 1.62 bits per heavy atom. The fraction of sp³-hybridized carbons (Fsp3) is 0.333. The van der Waals surface area contributed by atoms with Crippen molar-refractivity contribution in [3.8, 4) is 6.07 Å². The van der Waals surface area contributed by atoms with E-state index >= 15 is 0 Å². The first-order chi connectivity index (χ1) is 6.07. The first kappa shape index (κ1) is 9.94. The summed E-state index contributed by atoms with van der Waals surface area (Å²) in [4.78, 5) is 3.75. The Balaban J connectivity index is 3.33. The second-order valence-corrected chi connectivity index (χ2v) is 3.33. The Labute approximate surface area is 81.0 Å². The van der Waals surface area contributed by atoms with Crippen LogP contribution in [-0.4, -0.2) is 4.98 Å².